The minimum Gasteiger partial charge on any atom is -0.368 e. The highest BCUT2D eigenvalue weighted by atomic mass is 79.9. The van der Waals surface area contributed by atoms with Gasteiger partial charge in [-0.05, 0) is 31.9 Å². The molecule has 0 unspecified atom stereocenters. The average Bonchev–Trinajstić information content (AvgIpc) is 1.52. The lowest BCUT2D eigenvalue weighted by Crippen LogP contribution is -2.48. The fraction of sp³-hybridized carbons (Fsp3) is 1.00. The SMILES string of the molecule is CC(C)(C)C(Br)(Br)O[Si](O)(O)O. The van der Waals surface area contributed by atoms with Gasteiger partial charge < -0.3 is 18.8 Å². The largest absolute Gasteiger partial charge is 0.673 e. The monoisotopic (exact) mass is 322 g/mol. The van der Waals surface area contributed by atoms with Crippen LogP contribution in [0.25, 0.3) is 0 Å². The first-order chi connectivity index (χ1) is 4.96. The Labute approximate surface area is 89.3 Å². The average molecular weight is 324 g/mol. The fourth-order valence-corrected chi connectivity index (χ4v) is 2.28. The van der Waals surface area contributed by atoms with Gasteiger partial charge in [0.05, 0.1) is 0 Å². The van der Waals surface area contributed by atoms with Gasteiger partial charge in [0.25, 0.3) is 0 Å². The Morgan fingerprint density at radius 3 is 1.50 bits per heavy atom. The second-order valence-electron chi connectivity index (χ2n) is 3.44. The minimum absolute atomic E-state index is 0.431. The highest BCUT2D eigenvalue weighted by Crippen LogP contribution is 2.45. The van der Waals surface area contributed by atoms with E-state index >= 15 is 0 Å². The van der Waals surface area contributed by atoms with Crippen LogP contribution in [0.4, 0.5) is 0 Å². The molecule has 0 aliphatic carbocycles. The Kier molecular flexibility index (Phi) is 3.95. The molecule has 0 atom stereocenters. The molecule has 0 aromatic heterocycles. The zero-order valence-corrected chi connectivity index (χ0v) is 11.2. The maximum atomic E-state index is 8.68. The van der Waals surface area contributed by atoms with Gasteiger partial charge in [0, 0.05) is 5.41 Å². The third kappa shape index (κ3) is 4.31. The summed E-state index contributed by atoms with van der Waals surface area (Å²) in [5.74, 6) is 0. The summed E-state index contributed by atoms with van der Waals surface area (Å²) in [6.45, 7) is 5.41. The van der Waals surface area contributed by atoms with Crippen molar-refractivity contribution in [2.45, 2.75) is 24.2 Å². The van der Waals surface area contributed by atoms with Gasteiger partial charge in [-0.15, -0.1) is 0 Å². The van der Waals surface area contributed by atoms with E-state index in [1.165, 1.54) is 0 Å². The van der Waals surface area contributed by atoms with Crippen molar-refractivity contribution in [2.24, 2.45) is 5.41 Å². The minimum atomic E-state index is -4.50. The van der Waals surface area contributed by atoms with Crippen molar-refractivity contribution in [3.8, 4) is 0 Å². The van der Waals surface area contributed by atoms with Crippen LogP contribution in [-0.4, -0.2) is 26.9 Å². The molecule has 0 aliphatic rings. The van der Waals surface area contributed by atoms with Crippen molar-refractivity contribution < 1.29 is 18.8 Å². The summed E-state index contributed by atoms with van der Waals surface area (Å²) in [4.78, 5) is 26.1. The molecule has 0 rings (SSSR count). The van der Waals surface area contributed by atoms with E-state index in [1.54, 1.807) is 20.8 Å². The molecule has 0 saturated heterocycles. The quantitative estimate of drug-likeness (QED) is 0.522. The van der Waals surface area contributed by atoms with Crippen molar-refractivity contribution in [3.05, 3.63) is 0 Å². The van der Waals surface area contributed by atoms with Gasteiger partial charge in [0.1, 0.15) is 0 Å². The van der Waals surface area contributed by atoms with Crippen molar-refractivity contribution in [1.82, 2.24) is 0 Å². The number of halogens is 2. The number of rotatable bonds is 2. The molecule has 0 aliphatic heterocycles. The Hall–Kier alpha value is 1.02. The summed E-state index contributed by atoms with van der Waals surface area (Å²) in [6.07, 6.45) is 0. The van der Waals surface area contributed by atoms with Crippen LogP contribution in [0.3, 0.4) is 0 Å². The van der Waals surface area contributed by atoms with Crippen molar-refractivity contribution in [2.75, 3.05) is 0 Å². The van der Waals surface area contributed by atoms with Crippen LogP contribution in [0.2, 0.25) is 0 Å². The highest BCUT2D eigenvalue weighted by Gasteiger charge is 2.47. The molecule has 12 heavy (non-hydrogen) atoms. The number of alkyl halides is 2. The summed E-state index contributed by atoms with van der Waals surface area (Å²) in [7, 11) is -4.50. The Bertz CT molecular complexity index is 160. The third-order valence-electron chi connectivity index (χ3n) is 1.14. The fourth-order valence-electron chi connectivity index (χ4n) is 0.325. The van der Waals surface area contributed by atoms with E-state index in [9.17, 15) is 0 Å². The summed E-state index contributed by atoms with van der Waals surface area (Å²) in [6, 6.07) is 0. The maximum Gasteiger partial charge on any atom is 0.673 e. The molecule has 3 N–H and O–H groups in total. The van der Waals surface area contributed by atoms with Crippen molar-refractivity contribution in [3.63, 3.8) is 0 Å². The topological polar surface area (TPSA) is 69.9 Å². The van der Waals surface area contributed by atoms with Crippen LogP contribution in [-0.2, 0) is 4.43 Å². The van der Waals surface area contributed by atoms with Gasteiger partial charge in [-0.25, -0.2) is 0 Å². The molecule has 74 valence electrons. The second kappa shape index (κ2) is 3.64. The molecule has 4 nitrogen and oxygen atoms in total. The molecular weight excluding hydrogens is 312 g/mol. The van der Waals surface area contributed by atoms with Gasteiger partial charge in [-0.3, -0.25) is 0 Å². The first-order valence-electron chi connectivity index (χ1n) is 3.21. The van der Waals surface area contributed by atoms with E-state index in [0.717, 1.165) is 0 Å². The van der Waals surface area contributed by atoms with Gasteiger partial charge in [0.15, 0.2) is 3.42 Å². The molecule has 0 fully saturated rings. The van der Waals surface area contributed by atoms with Gasteiger partial charge >= 0.3 is 9.05 Å². The predicted molar refractivity (Wildman–Crippen MR) is 53.5 cm³/mol. The molecule has 0 bridgehead atoms. The molecule has 0 amide bonds. The lowest BCUT2D eigenvalue weighted by Gasteiger charge is -2.35. The lowest BCUT2D eigenvalue weighted by atomic mass is 9.99. The van der Waals surface area contributed by atoms with Crippen LogP contribution in [0.1, 0.15) is 20.8 Å². The van der Waals surface area contributed by atoms with Gasteiger partial charge in [-0.2, -0.15) is 0 Å². The van der Waals surface area contributed by atoms with E-state index in [1.807, 2.05) is 0 Å². The standard InChI is InChI=1S/C5H12Br2O4Si/c1-4(2,3)5(6,7)11-12(8,9)10/h8-10H,1-3H3. The summed E-state index contributed by atoms with van der Waals surface area (Å²) < 4.78 is 3.49. The smallest absolute Gasteiger partial charge is 0.368 e. The van der Waals surface area contributed by atoms with E-state index in [4.69, 9.17) is 14.4 Å². The Morgan fingerprint density at radius 1 is 1.08 bits per heavy atom. The molecule has 7 heteroatoms. The normalized spacial score (nSPS) is 15.0. The second-order valence-corrected chi connectivity index (χ2v) is 8.09. The highest BCUT2D eigenvalue weighted by molar-refractivity contribution is 9.25. The summed E-state index contributed by atoms with van der Waals surface area (Å²) in [5.41, 5.74) is -0.431. The first-order valence-corrected chi connectivity index (χ1v) is 6.54. The van der Waals surface area contributed by atoms with Crippen molar-refractivity contribution >= 4 is 40.9 Å². The summed E-state index contributed by atoms with van der Waals surface area (Å²) in [5, 5.41) is 0. The molecular formula is C5H12Br2O4Si. The van der Waals surface area contributed by atoms with Crippen LogP contribution in [0.5, 0.6) is 0 Å². The lowest BCUT2D eigenvalue weighted by molar-refractivity contribution is 0.00927. The maximum absolute atomic E-state index is 8.68. The van der Waals surface area contributed by atoms with Crippen LogP contribution in [0, 0.1) is 5.41 Å². The molecule has 0 radical (unpaired) electrons. The Morgan fingerprint density at radius 2 is 1.42 bits per heavy atom. The van der Waals surface area contributed by atoms with Crippen molar-refractivity contribution in [1.29, 1.82) is 0 Å². The number of hydrogen-bond acceptors (Lipinski definition) is 4. The van der Waals surface area contributed by atoms with Crippen LogP contribution < -0.4 is 0 Å². The molecule has 0 heterocycles. The van der Waals surface area contributed by atoms with Gasteiger partial charge in [-0.1, -0.05) is 20.8 Å². The van der Waals surface area contributed by atoms with E-state index < -0.39 is 17.9 Å². The number of hydrogen-bond donors (Lipinski definition) is 3. The van der Waals surface area contributed by atoms with Crippen LogP contribution in [0.15, 0.2) is 0 Å². The van der Waals surface area contributed by atoms with Gasteiger partial charge in [0.2, 0.25) is 0 Å². The van der Waals surface area contributed by atoms with E-state index in [0.29, 0.717) is 0 Å². The molecule has 0 spiro atoms. The zero-order valence-electron chi connectivity index (χ0n) is 7.01. The van der Waals surface area contributed by atoms with E-state index in [-0.39, 0.29) is 0 Å². The zero-order chi connectivity index (χ0) is 10.2. The van der Waals surface area contributed by atoms with E-state index in [2.05, 4.69) is 36.3 Å². The molecule has 0 aromatic rings. The first kappa shape index (κ1) is 13.0. The third-order valence-corrected chi connectivity index (χ3v) is 5.02. The Balaban J connectivity index is 4.44. The van der Waals surface area contributed by atoms with Crippen LogP contribution >= 0.6 is 31.9 Å². The molecule has 0 saturated carbocycles. The molecule has 0 aromatic carbocycles. The predicted octanol–water partition coefficient (Wildman–Crippen LogP) is 0.905. The summed E-state index contributed by atoms with van der Waals surface area (Å²) >= 11 is 6.17.